The summed E-state index contributed by atoms with van der Waals surface area (Å²) in [5.74, 6) is 0.486. The van der Waals surface area contributed by atoms with Crippen molar-refractivity contribution in [3.63, 3.8) is 0 Å². The van der Waals surface area contributed by atoms with Crippen molar-refractivity contribution in [2.24, 2.45) is 5.92 Å². The lowest BCUT2D eigenvalue weighted by Crippen LogP contribution is -2.30. The van der Waals surface area contributed by atoms with Crippen molar-refractivity contribution < 1.29 is 9.59 Å². The van der Waals surface area contributed by atoms with Crippen molar-refractivity contribution in [1.82, 2.24) is 4.90 Å². The van der Waals surface area contributed by atoms with Gasteiger partial charge in [-0.25, -0.2) is 0 Å². The van der Waals surface area contributed by atoms with E-state index in [4.69, 9.17) is 0 Å². The molecule has 2 amide bonds. The molecule has 0 aliphatic carbocycles. The summed E-state index contributed by atoms with van der Waals surface area (Å²) in [6.45, 7) is 5.00. The second-order valence-corrected chi connectivity index (χ2v) is 5.30. The second-order valence-electron chi connectivity index (χ2n) is 5.30. The van der Waals surface area contributed by atoms with Crippen LogP contribution in [-0.2, 0) is 11.2 Å². The number of amides is 2. The number of benzene rings is 1. The number of rotatable bonds is 4. The van der Waals surface area contributed by atoms with Gasteiger partial charge in [-0.2, -0.15) is 0 Å². The van der Waals surface area contributed by atoms with Gasteiger partial charge in [-0.3, -0.25) is 9.59 Å². The van der Waals surface area contributed by atoms with E-state index in [2.05, 4.69) is 19.2 Å². The zero-order valence-electron chi connectivity index (χ0n) is 11.7. The molecule has 1 atom stereocenters. The molecule has 4 nitrogen and oxygen atoms in total. The van der Waals surface area contributed by atoms with Gasteiger partial charge in [0.25, 0.3) is 5.91 Å². The molecule has 0 aromatic heterocycles. The summed E-state index contributed by atoms with van der Waals surface area (Å²) in [5, 5.41) is 2.77. The summed E-state index contributed by atoms with van der Waals surface area (Å²) in [5.41, 5.74) is 2.37. The predicted molar refractivity (Wildman–Crippen MR) is 75.2 cm³/mol. The first kappa shape index (κ1) is 13.6. The number of hydrogen-bond donors (Lipinski definition) is 1. The highest BCUT2D eigenvalue weighted by molar-refractivity contribution is 6.02. The molecular formula is C15H20N2O2. The minimum absolute atomic E-state index is 0.00393. The van der Waals surface area contributed by atoms with Gasteiger partial charge in [0.05, 0.1) is 6.42 Å². The maximum atomic E-state index is 12.3. The van der Waals surface area contributed by atoms with Crippen LogP contribution >= 0.6 is 0 Å². The van der Waals surface area contributed by atoms with Gasteiger partial charge in [0, 0.05) is 24.8 Å². The van der Waals surface area contributed by atoms with Crippen LogP contribution in [0.4, 0.5) is 5.69 Å². The van der Waals surface area contributed by atoms with E-state index in [-0.39, 0.29) is 11.8 Å². The Kier molecular flexibility index (Phi) is 3.88. The number of carbonyl (C=O) groups excluding carboxylic acids is 2. The summed E-state index contributed by atoms with van der Waals surface area (Å²) in [6, 6.07) is 5.43. The number of nitrogens with one attached hydrogen (secondary N) is 1. The first-order chi connectivity index (χ1) is 9.01. The first-order valence-electron chi connectivity index (χ1n) is 6.69. The monoisotopic (exact) mass is 260 g/mol. The second kappa shape index (κ2) is 5.43. The van der Waals surface area contributed by atoms with E-state index in [1.165, 1.54) is 0 Å². The molecule has 0 saturated carbocycles. The highest BCUT2D eigenvalue weighted by Gasteiger charge is 2.20. The van der Waals surface area contributed by atoms with Crippen molar-refractivity contribution in [3.8, 4) is 0 Å². The first-order valence-corrected chi connectivity index (χ1v) is 6.69. The quantitative estimate of drug-likeness (QED) is 0.903. The van der Waals surface area contributed by atoms with E-state index < -0.39 is 0 Å². The lowest BCUT2D eigenvalue weighted by molar-refractivity contribution is -0.115. The Morgan fingerprint density at radius 3 is 2.89 bits per heavy atom. The van der Waals surface area contributed by atoms with Crippen LogP contribution in [0.15, 0.2) is 18.2 Å². The van der Waals surface area contributed by atoms with E-state index >= 15 is 0 Å². The Morgan fingerprint density at radius 1 is 1.47 bits per heavy atom. The zero-order valence-corrected chi connectivity index (χ0v) is 11.7. The molecule has 2 rings (SSSR count). The fourth-order valence-electron chi connectivity index (χ4n) is 2.25. The van der Waals surface area contributed by atoms with E-state index in [1.54, 1.807) is 17.0 Å². The largest absolute Gasteiger partial charge is 0.341 e. The Hall–Kier alpha value is -1.84. The third-order valence-electron chi connectivity index (χ3n) is 3.61. The van der Waals surface area contributed by atoms with Crippen LogP contribution in [0.25, 0.3) is 0 Å². The molecule has 0 saturated heterocycles. The fraction of sp³-hybridized carbons (Fsp3) is 0.467. The average molecular weight is 260 g/mol. The van der Waals surface area contributed by atoms with Crippen LogP contribution in [-0.4, -0.2) is 30.3 Å². The van der Waals surface area contributed by atoms with Gasteiger partial charge in [-0.05, 0) is 23.6 Å². The molecule has 102 valence electrons. The van der Waals surface area contributed by atoms with Crippen molar-refractivity contribution in [2.75, 3.05) is 18.9 Å². The molecule has 1 heterocycles. The third kappa shape index (κ3) is 2.95. The summed E-state index contributed by atoms with van der Waals surface area (Å²) < 4.78 is 0. The molecule has 1 aliphatic rings. The minimum Gasteiger partial charge on any atom is -0.341 e. The maximum Gasteiger partial charge on any atom is 0.253 e. The van der Waals surface area contributed by atoms with Gasteiger partial charge in [0.2, 0.25) is 5.91 Å². The van der Waals surface area contributed by atoms with Gasteiger partial charge in [0.15, 0.2) is 0 Å². The molecule has 1 aromatic rings. The molecule has 4 heteroatoms. The van der Waals surface area contributed by atoms with Gasteiger partial charge in [-0.15, -0.1) is 0 Å². The molecule has 1 unspecified atom stereocenters. The summed E-state index contributed by atoms with van der Waals surface area (Å²) >= 11 is 0. The van der Waals surface area contributed by atoms with Crippen LogP contribution in [0.2, 0.25) is 0 Å². The van der Waals surface area contributed by atoms with E-state index in [0.717, 1.165) is 24.2 Å². The molecule has 0 radical (unpaired) electrons. The van der Waals surface area contributed by atoms with Crippen LogP contribution in [0.1, 0.15) is 36.2 Å². The zero-order chi connectivity index (χ0) is 14.0. The van der Waals surface area contributed by atoms with Gasteiger partial charge in [-0.1, -0.05) is 26.3 Å². The Balaban J connectivity index is 2.12. The lowest BCUT2D eigenvalue weighted by atomic mass is 10.1. The molecule has 1 aliphatic heterocycles. The van der Waals surface area contributed by atoms with E-state index in [0.29, 0.717) is 17.9 Å². The standard InChI is InChI=1S/C15H20N2O2/c1-4-10(2)9-17(3)15(19)12-6-5-11-8-14(18)16-13(11)7-12/h5-7,10H,4,8-9H2,1-3H3,(H,16,18). The third-order valence-corrected chi connectivity index (χ3v) is 3.61. The van der Waals surface area contributed by atoms with Gasteiger partial charge >= 0.3 is 0 Å². The molecular weight excluding hydrogens is 240 g/mol. The molecule has 1 N–H and O–H groups in total. The van der Waals surface area contributed by atoms with Gasteiger partial charge < -0.3 is 10.2 Å². The number of carbonyl (C=O) groups is 2. The van der Waals surface area contributed by atoms with Crippen LogP contribution in [0.5, 0.6) is 0 Å². The van der Waals surface area contributed by atoms with E-state index in [1.807, 2.05) is 13.1 Å². The Morgan fingerprint density at radius 2 is 2.21 bits per heavy atom. The molecule has 0 bridgehead atoms. The fourth-order valence-corrected chi connectivity index (χ4v) is 2.25. The number of hydrogen-bond acceptors (Lipinski definition) is 2. The van der Waals surface area contributed by atoms with E-state index in [9.17, 15) is 9.59 Å². The summed E-state index contributed by atoms with van der Waals surface area (Å²) in [4.78, 5) is 25.3. The highest BCUT2D eigenvalue weighted by atomic mass is 16.2. The Labute approximate surface area is 113 Å². The Bertz CT molecular complexity index is 511. The topological polar surface area (TPSA) is 49.4 Å². The van der Waals surface area contributed by atoms with Crippen LogP contribution in [0, 0.1) is 5.92 Å². The van der Waals surface area contributed by atoms with Gasteiger partial charge in [0.1, 0.15) is 0 Å². The normalized spacial score (nSPS) is 14.8. The summed E-state index contributed by atoms with van der Waals surface area (Å²) in [7, 11) is 1.82. The molecule has 19 heavy (non-hydrogen) atoms. The summed E-state index contributed by atoms with van der Waals surface area (Å²) in [6.07, 6.45) is 1.46. The van der Waals surface area contributed by atoms with Crippen molar-refractivity contribution in [1.29, 1.82) is 0 Å². The molecule has 1 aromatic carbocycles. The number of fused-ring (bicyclic) bond motifs is 1. The smallest absolute Gasteiger partial charge is 0.253 e. The number of nitrogens with zero attached hydrogens (tertiary/aromatic N) is 1. The van der Waals surface area contributed by atoms with Crippen LogP contribution in [0.3, 0.4) is 0 Å². The van der Waals surface area contributed by atoms with Crippen molar-refractivity contribution >= 4 is 17.5 Å². The van der Waals surface area contributed by atoms with Crippen molar-refractivity contribution in [2.45, 2.75) is 26.7 Å². The average Bonchev–Trinajstić information content (AvgIpc) is 2.76. The predicted octanol–water partition coefficient (Wildman–Crippen LogP) is 2.30. The number of anilines is 1. The highest BCUT2D eigenvalue weighted by Crippen LogP contribution is 2.24. The lowest BCUT2D eigenvalue weighted by Gasteiger charge is -2.21. The maximum absolute atomic E-state index is 12.3. The van der Waals surface area contributed by atoms with Crippen LogP contribution < -0.4 is 5.32 Å². The molecule has 0 fully saturated rings. The molecule has 0 spiro atoms. The SMILES string of the molecule is CCC(C)CN(C)C(=O)c1ccc2c(c1)NC(=O)C2. The minimum atomic E-state index is -0.00689. The van der Waals surface area contributed by atoms with Crippen molar-refractivity contribution in [3.05, 3.63) is 29.3 Å².